The van der Waals surface area contributed by atoms with Crippen molar-refractivity contribution in [2.45, 2.75) is 29.9 Å². The summed E-state index contributed by atoms with van der Waals surface area (Å²) in [5, 5.41) is -1.11. The molecule has 0 heterocycles. The van der Waals surface area contributed by atoms with Gasteiger partial charge in [-0.05, 0) is 36.2 Å². The maximum Gasteiger partial charge on any atom is 0.211 e. The zero-order valence-electron chi connectivity index (χ0n) is 14.4. The molecule has 26 heavy (non-hydrogen) atoms. The van der Waals surface area contributed by atoms with Gasteiger partial charge in [0.15, 0.2) is 9.84 Å². The zero-order chi connectivity index (χ0) is 19.2. The number of hydrogen-bond acceptors (Lipinski definition) is 4. The van der Waals surface area contributed by atoms with Crippen LogP contribution in [-0.2, 0) is 19.9 Å². The first kappa shape index (κ1) is 20.5. The second-order valence-electron chi connectivity index (χ2n) is 5.92. The molecule has 0 aliphatic carbocycles. The van der Waals surface area contributed by atoms with Gasteiger partial charge in [-0.1, -0.05) is 43.7 Å². The van der Waals surface area contributed by atoms with Crippen molar-refractivity contribution in [3.63, 3.8) is 0 Å². The van der Waals surface area contributed by atoms with E-state index in [0.29, 0.717) is 12.0 Å². The summed E-state index contributed by atoms with van der Waals surface area (Å²) in [5.41, 5.74) is 0.468. The van der Waals surface area contributed by atoms with Crippen LogP contribution in [0.5, 0.6) is 0 Å². The second-order valence-corrected chi connectivity index (χ2v) is 9.98. The molecule has 0 saturated heterocycles. The largest absolute Gasteiger partial charge is 0.223 e. The molecule has 142 valence electrons. The lowest BCUT2D eigenvalue weighted by Gasteiger charge is -2.19. The average molecular weight is 400 g/mol. The number of nitrogens with one attached hydrogen (secondary N) is 1. The van der Waals surface area contributed by atoms with Crippen LogP contribution in [0.15, 0.2) is 59.5 Å². The second kappa shape index (κ2) is 8.75. The predicted octanol–water partition coefficient (Wildman–Crippen LogP) is 3.06. The van der Waals surface area contributed by atoms with Gasteiger partial charge in [-0.25, -0.2) is 25.9 Å². The highest BCUT2D eigenvalue weighted by Gasteiger charge is 2.30. The number of sulfone groups is 1. The van der Waals surface area contributed by atoms with Crippen LogP contribution in [0.3, 0.4) is 0 Å². The number of hydrogen-bond donors (Lipinski definition) is 1. The Bertz CT molecular complexity index is 911. The van der Waals surface area contributed by atoms with E-state index < -0.39 is 30.9 Å². The minimum atomic E-state index is -3.91. The molecule has 2 aromatic rings. The highest BCUT2D eigenvalue weighted by Crippen LogP contribution is 2.28. The third kappa shape index (κ3) is 5.36. The summed E-state index contributed by atoms with van der Waals surface area (Å²) in [6.45, 7) is 1.59. The summed E-state index contributed by atoms with van der Waals surface area (Å²) in [5.74, 6) is -0.595. The van der Waals surface area contributed by atoms with Gasteiger partial charge in [0.1, 0.15) is 11.1 Å². The molecule has 0 amide bonds. The standard InChI is InChI=1S/C18H22FNO4S2/c1-2-3-13-25(21,22)20-14-18(15-7-5-4-6-8-15)26(23,24)17-11-9-16(19)10-12-17/h4-12,18,20H,2-3,13-14H2,1H3. The van der Waals surface area contributed by atoms with E-state index in [1.54, 1.807) is 30.3 Å². The monoisotopic (exact) mass is 399 g/mol. The van der Waals surface area contributed by atoms with E-state index in [9.17, 15) is 21.2 Å². The average Bonchev–Trinajstić information content (AvgIpc) is 2.61. The van der Waals surface area contributed by atoms with Crippen LogP contribution in [0.25, 0.3) is 0 Å². The fourth-order valence-electron chi connectivity index (χ4n) is 2.47. The molecule has 0 aliphatic heterocycles. The molecule has 0 fully saturated rings. The first-order valence-corrected chi connectivity index (χ1v) is 11.5. The van der Waals surface area contributed by atoms with Gasteiger partial charge >= 0.3 is 0 Å². The molecular formula is C18H22FNO4S2. The normalized spacial score (nSPS) is 13.5. The molecule has 1 atom stereocenters. The van der Waals surface area contributed by atoms with E-state index in [4.69, 9.17) is 0 Å². The van der Waals surface area contributed by atoms with Crippen molar-refractivity contribution >= 4 is 19.9 Å². The van der Waals surface area contributed by atoms with Crippen LogP contribution in [0, 0.1) is 5.82 Å². The van der Waals surface area contributed by atoms with Crippen molar-refractivity contribution in [3.05, 3.63) is 66.0 Å². The van der Waals surface area contributed by atoms with Crippen molar-refractivity contribution in [2.75, 3.05) is 12.3 Å². The molecule has 0 aliphatic rings. The fraction of sp³-hybridized carbons (Fsp3) is 0.333. The summed E-state index contributed by atoms with van der Waals surface area (Å²) in [6.07, 6.45) is 1.22. The summed E-state index contributed by atoms with van der Waals surface area (Å²) in [7, 11) is -7.48. The smallest absolute Gasteiger partial charge is 0.211 e. The van der Waals surface area contributed by atoms with Crippen molar-refractivity contribution < 1.29 is 21.2 Å². The molecule has 0 spiro atoms. The van der Waals surface area contributed by atoms with Gasteiger partial charge in [0.05, 0.1) is 10.6 Å². The Labute approximate surface area is 154 Å². The maximum absolute atomic E-state index is 13.1. The summed E-state index contributed by atoms with van der Waals surface area (Å²) >= 11 is 0. The van der Waals surface area contributed by atoms with Crippen molar-refractivity contribution in [3.8, 4) is 0 Å². The maximum atomic E-state index is 13.1. The van der Waals surface area contributed by atoms with Crippen molar-refractivity contribution in [1.82, 2.24) is 4.72 Å². The molecule has 1 N–H and O–H groups in total. The van der Waals surface area contributed by atoms with E-state index >= 15 is 0 Å². The summed E-state index contributed by atoms with van der Waals surface area (Å²) in [4.78, 5) is -0.0551. The third-order valence-corrected chi connectivity index (χ3v) is 7.49. The molecular weight excluding hydrogens is 377 g/mol. The molecule has 8 heteroatoms. The number of sulfonamides is 1. The first-order valence-electron chi connectivity index (χ1n) is 8.28. The van der Waals surface area contributed by atoms with Gasteiger partial charge in [0, 0.05) is 6.54 Å². The highest BCUT2D eigenvalue weighted by molar-refractivity contribution is 7.92. The molecule has 0 radical (unpaired) electrons. The van der Waals surface area contributed by atoms with Crippen molar-refractivity contribution in [2.24, 2.45) is 0 Å². The van der Waals surface area contributed by atoms with Gasteiger partial charge in [-0.2, -0.15) is 0 Å². The lowest BCUT2D eigenvalue weighted by atomic mass is 10.1. The van der Waals surface area contributed by atoms with Gasteiger partial charge in [-0.15, -0.1) is 0 Å². The van der Waals surface area contributed by atoms with Gasteiger partial charge < -0.3 is 0 Å². The molecule has 0 aromatic heterocycles. The van der Waals surface area contributed by atoms with Crippen molar-refractivity contribution in [1.29, 1.82) is 0 Å². The van der Waals surface area contributed by atoms with Gasteiger partial charge in [-0.3, -0.25) is 0 Å². The number of benzene rings is 2. The van der Waals surface area contributed by atoms with Gasteiger partial charge in [0.2, 0.25) is 10.0 Å². The Kier molecular flexibility index (Phi) is 6.91. The van der Waals surface area contributed by atoms with Crippen LogP contribution in [-0.4, -0.2) is 29.1 Å². The molecule has 0 bridgehead atoms. The number of rotatable bonds is 9. The van der Waals surface area contributed by atoms with Crippen LogP contribution in [0.4, 0.5) is 4.39 Å². The molecule has 2 aromatic carbocycles. The fourth-order valence-corrected chi connectivity index (χ4v) is 5.47. The Balaban J connectivity index is 2.34. The molecule has 5 nitrogen and oxygen atoms in total. The molecule has 1 unspecified atom stereocenters. The highest BCUT2D eigenvalue weighted by atomic mass is 32.2. The number of halogens is 1. The Hall–Kier alpha value is -1.77. The number of unbranched alkanes of at least 4 members (excludes halogenated alkanes) is 1. The Morgan fingerprint density at radius 1 is 0.962 bits per heavy atom. The van der Waals surface area contributed by atoms with E-state index in [0.717, 1.165) is 18.6 Å². The van der Waals surface area contributed by atoms with Crippen LogP contribution in [0.1, 0.15) is 30.6 Å². The van der Waals surface area contributed by atoms with Crippen LogP contribution in [0.2, 0.25) is 0 Å². The lowest BCUT2D eigenvalue weighted by molar-refractivity contribution is 0.566. The zero-order valence-corrected chi connectivity index (χ0v) is 16.1. The van der Waals surface area contributed by atoms with E-state index in [2.05, 4.69) is 4.72 Å². The third-order valence-electron chi connectivity index (χ3n) is 3.94. The quantitative estimate of drug-likeness (QED) is 0.657. The lowest BCUT2D eigenvalue weighted by Crippen LogP contribution is -2.33. The van der Waals surface area contributed by atoms with Gasteiger partial charge in [0.25, 0.3) is 0 Å². The first-order chi connectivity index (χ1) is 12.3. The molecule has 0 saturated carbocycles. The minimum absolute atomic E-state index is 0.0540. The van der Waals surface area contributed by atoms with E-state index in [1.807, 2.05) is 6.92 Å². The summed E-state index contributed by atoms with van der Waals surface area (Å²) in [6, 6.07) is 12.9. The van der Waals surface area contributed by atoms with E-state index in [-0.39, 0.29) is 17.2 Å². The van der Waals surface area contributed by atoms with Crippen LogP contribution >= 0.6 is 0 Å². The SMILES string of the molecule is CCCCS(=O)(=O)NCC(c1ccccc1)S(=O)(=O)c1ccc(F)cc1. The molecule has 2 rings (SSSR count). The van der Waals surface area contributed by atoms with E-state index in [1.165, 1.54) is 12.1 Å². The van der Waals surface area contributed by atoms with Crippen LogP contribution < -0.4 is 4.72 Å². The minimum Gasteiger partial charge on any atom is -0.223 e. The topological polar surface area (TPSA) is 80.3 Å². The Morgan fingerprint density at radius 2 is 1.58 bits per heavy atom. The predicted molar refractivity (Wildman–Crippen MR) is 99.5 cm³/mol. The Morgan fingerprint density at radius 3 is 2.15 bits per heavy atom. The summed E-state index contributed by atoms with van der Waals surface area (Å²) < 4.78 is 65.7.